The Balaban J connectivity index is 2.83. The molecule has 2 heteroatoms. The molecule has 1 N–H and O–H groups in total. The second-order valence-electron chi connectivity index (χ2n) is 5.76. The van der Waals surface area contributed by atoms with Gasteiger partial charge in [-0.1, -0.05) is 46.5 Å². The van der Waals surface area contributed by atoms with E-state index in [0.717, 1.165) is 25.3 Å². The summed E-state index contributed by atoms with van der Waals surface area (Å²) >= 11 is 0. The molecule has 108 valence electrons. The summed E-state index contributed by atoms with van der Waals surface area (Å²) in [5, 5.41) is 3.75. The molecule has 0 aliphatic heterocycles. The molecule has 0 aromatic rings. The van der Waals surface area contributed by atoms with Gasteiger partial charge in [0.25, 0.3) is 0 Å². The van der Waals surface area contributed by atoms with E-state index >= 15 is 0 Å². The van der Waals surface area contributed by atoms with Gasteiger partial charge in [0.05, 0.1) is 5.60 Å². The smallest absolute Gasteiger partial charge is 0.0828 e. The highest BCUT2D eigenvalue weighted by Crippen LogP contribution is 2.35. The summed E-state index contributed by atoms with van der Waals surface area (Å²) in [5.74, 6) is 0.798. The van der Waals surface area contributed by atoms with Gasteiger partial charge >= 0.3 is 0 Å². The highest BCUT2D eigenvalue weighted by atomic mass is 16.5. The van der Waals surface area contributed by atoms with Gasteiger partial charge in [-0.25, -0.2) is 0 Å². The van der Waals surface area contributed by atoms with Crippen LogP contribution in [0.3, 0.4) is 0 Å². The van der Waals surface area contributed by atoms with E-state index in [9.17, 15) is 0 Å². The lowest BCUT2D eigenvalue weighted by atomic mass is 9.77. The number of ether oxygens (including phenoxy) is 1. The van der Waals surface area contributed by atoms with Crippen LogP contribution >= 0.6 is 0 Å². The first-order valence-electron chi connectivity index (χ1n) is 8.02. The average molecular weight is 255 g/mol. The first-order chi connectivity index (χ1) is 8.74. The van der Waals surface area contributed by atoms with Crippen LogP contribution in [0.2, 0.25) is 0 Å². The van der Waals surface area contributed by atoms with E-state index in [-0.39, 0.29) is 5.60 Å². The minimum Gasteiger partial charge on any atom is -0.377 e. The first kappa shape index (κ1) is 16.0. The highest BCUT2D eigenvalue weighted by Gasteiger charge is 2.39. The Labute approximate surface area is 114 Å². The third-order valence-electron chi connectivity index (χ3n) is 4.97. The Bertz CT molecular complexity index is 197. The van der Waals surface area contributed by atoms with E-state index in [1.807, 2.05) is 7.11 Å². The molecule has 0 saturated heterocycles. The van der Waals surface area contributed by atoms with E-state index < -0.39 is 0 Å². The van der Waals surface area contributed by atoms with Gasteiger partial charge in [0.15, 0.2) is 0 Å². The Hall–Kier alpha value is -0.0800. The number of hydrogen-bond donors (Lipinski definition) is 1. The fraction of sp³-hybridized carbons (Fsp3) is 1.00. The Morgan fingerprint density at radius 3 is 2.00 bits per heavy atom. The number of rotatable bonds is 7. The Morgan fingerprint density at radius 1 is 1.06 bits per heavy atom. The summed E-state index contributed by atoms with van der Waals surface area (Å²) in [4.78, 5) is 0. The van der Waals surface area contributed by atoms with E-state index in [1.54, 1.807) is 0 Å². The molecule has 0 aromatic carbocycles. The average Bonchev–Trinajstić information content (AvgIpc) is 2.69. The molecule has 1 rings (SSSR count). The van der Waals surface area contributed by atoms with Crippen molar-refractivity contribution >= 4 is 0 Å². The third kappa shape index (κ3) is 3.71. The molecule has 1 fully saturated rings. The normalized spacial score (nSPS) is 20.7. The van der Waals surface area contributed by atoms with Crippen molar-refractivity contribution in [2.24, 2.45) is 5.92 Å². The maximum Gasteiger partial charge on any atom is 0.0828 e. The molecule has 1 aliphatic carbocycles. The molecule has 0 spiro atoms. The van der Waals surface area contributed by atoms with Gasteiger partial charge < -0.3 is 10.1 Å². The molecule has 0 radical (unpaired) electrons. The van der Waals surface area contributed by atoms with Crippen LogP contribution in [0.25, 0.3) is 0 Å². The standard InChI is InChI=1S/C16H33NO/c1-5-16(6-2,18-4)15(17-7-3)14-12-10-8-9-11-13-14/h14-15,17H,5-13H2,1-4H3. The van der Waals surface area contributed by atoms with Crippen molar-refractivity contribution in [2.45, 2.75) is 83.8 Å². The molecule has 1 aliphatic rings. The molecule has 1 atom stereocenters. The van der Waals surface area contributed by atoms with Crippen LogP contribution < -0.4 is 5.32 Å². The van der Waals surface area contributed by atoms with Crippen LogP contribution in [0.15, 0.2) is 0 Å². The second-order valence-corrected chi connectivity index (χ2v) is 5.76. The van der Waals surface area contributed by atoms with Gasteiger partial charge in [-0.3, -0.25) is 0 Å². The maximum absolute atomic E-state index is 5.98. The zero-order chi connectivity index (χ0) is 13.4. The van der Waals surface area contributed by atoms with Crippen molar-refractivity contribution in [3.05, 3.63) is 0 Å². The minimum absolute atomic E-state index is 0.0328. The second kappa shape index (κ2) is 8.16. The van der Waals surface area contributed by atoms with Crippen LogP contribution in [0, 0.1) is 5.92 Å². The maximum atomic E-state index is 5.98. The van der Waals surface area contributed by atoms with Crippen LogP contribution in [0.5, 0.6) is 0 Å². The third-order valence-corrected chi connectivity index (χ3v) is 4.97. The summed E-state index contributed by atoms with van der Waals surface area (Å²) in [6.07, 6.45) is 10.6. The fourth-order valence-electron chi connectivity index (χ4n) is 3.75. The number of nitrogens with one attached hydrogen (secondary N) is 1. The molecule has 1 unspecified atom stereocenters. The summed E-state index contributed by atoms with van der Waals surface area (Å²) in [5.41, 5.74) is 0.0328. The molecule has 2 nitrogen and oxygen atoms in total. The molecule has 18 heavy (non-hydrogen) atoms. The van der Waals surface area contributed by atoms with Gasteiger partial charge in [-0.05, 0) is 38.1 Å². The van der Waals surface area contributed by atoms with Crippen molar-refractivity contribution in [3.63, 3.8) is 0 Å². The van der Waals surface area contributed by atoms with E-state index in [1.165, 1.54) is 38.5 Å². The van der Waals surface area contributed by atoms with Crippen LogP contribution in [0.4, 0.5) is 0 Å². The number of hydrogen-bond acceptors (Lipinski definition) is 2. The fourth-order valence-corrected chi connectivity index (χ4v) is 3.75. The van der Waals surface area contributed by atoms with E-state index in [0.29, 0.717) is 6.04 Å². The molecule has 0 amide bonds. The quantitative estimate of drug-likeness (QED) is 0.690. The molecule has 0 heterocycles. The molecular weight excluding hydrogens is 222 g/mol. The van der Waals surface area contributed by atoms with Gasteiger partial charge in [-0.15, -0.1) is 0 Å². The lowest BCUT2D eigenvalue weighted by Gasteiger charge is -2.43. The Kier molecular flexibility index (Phi) is 7.25. The lowest BCUT2D eigenvalue weighted by molar-refractivity contribution is -0.0643. The largest absolute Gasteiger partial charge is 0.377 e. The summed E-state index contributed by atoms with van der Waals surface area (Å²) in [6, 6.07) is 0.528. The lowest BCUT2D eigenvalue weighted by Crippen LogP contribution is -2.55. The summed E-state index contributed by atoms with van der Waals surface area (Å²) < 4.78 is 5.98. The van der Waals surface area contributed by atoms with E-state index in [4.69, 9.17) is 4.74 Å². The Morgan fingerprint density at radius 2 is 1.61 bits per heavy atom. The summed E-state index contributed by atoms with van der Waals surface area (Å²) in [7, 11) is 1.90. The first-order valence-corrected chi connectivity index (χ1v) is 8.02. The molecular formula is C16H33NO. The molecule has 0 aromatic heterocycles. The van der Waals surface area contributed by atoms with Gasteiger partial charge in [-0.2, -0.15) is 0 Å². The van der Waals surface area contributed by atoms with Gasteiger partial charge in [0.2, 0.25) is 0 Å². The topological polar surface area (TPSA) is 21.3 Å². The predicted octanol–water partition coefficient (Wildman–Crippen LogP) is 4.14. The van der Waals surface area contributed by atoms with Crippen molar-refractivity contribution in [1.82, 2.24) is 5.32 Å². The minimum atomic E-state index is 0.0328. The van der Waals surface area contributed by atoms with Crippen LogP contribution in [-0.2, 0) is 4.74 Å². The van der Waals surface area contributed by atoms with Crippen molar-refractivity contribution in [3.8, 4) is 0 Å². The monoisotopic (exact) mass is 255 g/mol. The zero-order valence-corrected chi connectivity index (χ0v) is 12.9. The number of likely N-dealkylation sites (N-methyl/N-ethyl adjacent to an activating group) is 1. The van der Waals surface area contributed by atoms with Crippen molar-refractivity contribution < 1.29 is 4.74 Å². The SMILES string of the molecule is CCNC(C1CCCCCC1)C(CC)(CC)OC. The number of methoxy groups -OCH3 is 1. The molecule has 1 saturated carbocycles. The molecule has 0 bridgehead atoms. The van der Waals surface area contributed by atoms with E-state index in [2.05, 4.69) is 26.1 Å². The van der Waals surface area contributed by atoms with Crippen molar-refractivity contribution in [1.29, 1.82) is 0 Å². The van der Waals surface area contributed by atoms with Crippen LogP contribution in [0.1, 0.15) is 72.1 Å². The zero-order valence-electron chi connectivity index (χ0n) is 12.9. The summed E-state index contributed by atoms with van der Waals surface area (Å²) in [6.45, 7) is 7.81. The van der Waals surface area contributed by atoms with Gasteiger partial charge in [0.1, 0.15) is 0 Å². The highest BCUT2D eigenvalue weighted by molar-refractivity contribution is 4.95. The van der Waals surface area contributed by atoms with Crippen LogP contribution in [-0.4, -0.2) is 25.3 Å². The van der Waals surface area contributed by atoms with Crippen molar-refractivity contribution in [2.75, 3.05) is 13.7 Å². The van der Waals surface area contributed by atoms with Gasteiger partial charge in [0, 0.05) is 13.2 Å². The predicted molar refractivity (Wildman–Crippen MR) is 79.0 cm³/mol.